The van der Waals surface area contributed by atoms with Crippen LogP contribution in [0.1, 0.15) is 31.1 Å². The quantitative estimate of drug-likeness (QED) is 0.331. The Bertz CT molecular complexity index is 1190. The van der Waals surface area contributed by atoms with E-state index in [1.807, 2.05) is 0 Å². The number of benzene rings is 2. The van der Waals surface area contributed by atoms with Gasteiger partial charge in [0.25, 0.3) is 5.69 Å². The highest BCUT2D eigenvalue weighted by atomic mass is 32.2. The summed E-state index contributed by atoms with van der Waals surface area (Å²) in [5.41, 5.74) is 0.0539. The number of nitro groups is 1. The summed E-state index contributed by atoms with van der Waals surface area (Å²) in [6.07, 6.45) is 3.37. The molecule has 7 nitrogen and oxygen atoms in total. The van der Waals surface area contributed by atoms with Gasteiger partial charge in [0.15, 0.2) is 13.1 Å². The van der Waals surface area contributed by atoms with Gasteiger partial charge in [-0.1, -0.05) is 36.4 Å². The van der Waals surface area contributed by atoms with Gasteiger partial charge in [-0.25, -0.2) is 13.1 Å². The van der Waals surface area contributed by atoms with Gasteiger partial charge in [0.1, 0.15) is 0 Å². The molecule has 0 radical (unpaired) electrons. The van der Waals surface area contributed by atoms with E-state index in [4.69, 9.17) is 0 Å². The fourth-order valence-electron chi connectivity index (χ4n) is 3.23. The minimum Gasteiger partial charge on any atom is -0.290 e. The molecule has 0 fully saturated rings. The summed E-state index contributed by atoms with van der Waals surface area (Å²) in [6, 6.07) is 10.5. The molecule has 1 aliphatic heterocycles. The van der Waals surface area contributed by atoms with Crippen LogP contribution in [0.5, 0.6) is 0 Å². The lowest BCUT2D eigenvalue weighted by Gasteiger charge is -2.21. The number of carbonyl (C=O) groups excluding carboxylic acids is 1. The van der Waals surface area contributed by atoms with Gasteiger partial charge in [-0.2, -0.15) is 0 Å². The smallest absolute Gasteiger partial charge is 0.281 e. The molecular weight excluding hydrogens is 403 g/mol. The summed E-state index contributed by atoms with van der Waals surface area (Å²) in [4.78, 5) is 23.8. The maximum Gasteiger partial charge on any atom is 0.281 e. The predicted molar refractivity (Wildman–Crippen MR) is 117 cm³/mol. The van der Waals surface area contributed by atoms with Gasteiger partial charge in [-0.3, -0.25) is 14.9 Å². The maximum absolute atomic E-state index is 12.9. The van der Waals surface area contributed by atoms with Crippen LogP contribution in [-0.4, -0.2) is 31.9 Å². The van der Waals surface area contributed by atoms with Crippen LogP contribution in [0.25, 0.3) is 11.1 Å². The molecule has 3 rings (SSSR count). The number of Topliss-reactive ketones (excluding diaryl/α,β-unsaturated/α-hetero) is 1. The zero-order valence-corrected chi connectivity index (χ0v) is 17.7. The lowest BCUT2D eigenvalue weighted by Crippen LogP contribution is -2.40. The number of sulfonamides is 1. The fraction of sp³-hybridized carbons (Fsp3) is 0.190. The second kappa shape index (κ2) is 8.00. The summed E-state index contributed by atoms with van der Waals surface area (Å²) in [7, 11) is -3.45. The Labute approximate surface area is 176 Å². The molecule has 0 aliphatic carbocycles. The van der Waals surface area contributed by atoms with E-state index in [0.29, 0.717) is 23.9 Å². The van der Waals surface area contributed by atoms with Crippen molar-refractivity contribution in [3.05, 3.63) is 81.7 Å². The summed E-state index contributed by atoms with van der Waals surface area (Å²) < 4.78 is 28.4. The number of nitrogens with one attached hydrogen (secondary N) is 1. The van der Waals surface area contributed by atoms with E-state index in [1.165, 1.54) is 24.3 Å². The second-order valence-electron chi connectivity index (χ2n) is 7.99. The van der Waals surface area contributed by atoms with Gasteiger partial charge in [0.2, 0.25) is 10.0 Å². The molecule has 0 aromatic heterocycles. The first-order valence-corrected chi connectivity index (χ1v) is 10.8. The number of nitrogens with zero attached hydrogens (tertiary/aromatic N) is 1. The van der Waals surface area contributed by atoms with Crippen molar-refractivity contribution < 1.29 is 18.1 Å². The van der Waals surface area contributed by atoms with Crippen LogP contribution in [0.15, 0.2) is 71.0 Å². The molecule has 0 amide bonds. The first-order valence-electron chi connectivity index (χ1n) is 9.32. The summed E-state index contributed by atoms with van der Waals surface area (Å²) in [6.45, 7) is 5.18. The van der Waals surface area contributed by atoms with Crippen molar-refractivity contribution in [2.45, 2.75) is 31.2 Å². The number of hydrogen-bond acceptors (Lipinski definition) is 5. The molecule has 2 aromatic rings. The van der Waals surface area contributed by atoms with Crippen molar-refractivity contribution in [2.24, 2.45) is 0 Å². The third-order valence-electron chi connectivity index (χ3n) is 4.43. The van der Waals surface area contributed by atoms with E-state index in [-0.39, 0.29) is 16.1 Å². The first-order chi connectivity index (χ1) is 14.0. The third-order valence-corrected chi connectivity index (χ3v) is 6.25. The highest BCUT2D eigenvalue weighted by Crippen LogP contribution is 2.33. The van der Waals surface area contributed by atoms with Crippen molar-refractivity contribution in [1.82, 2.24) is 4.72 Å². The lowest BCUT2D eigenvalue weighted by molar-refractivity contribution is -0.385. The topological polar surface area (TPSA) is 106 Å². The van der Waals surface area contributed by atoms with Crippen LogP contribution in [0.2, 0.25) is 0 Å². The van der Waals surface area contributed by atoms with Crippen molar-refractivity contribution in [1.29, 1.82) is 0 Å². The number of allylic oxidation sites excluding steroid dienone is 3. The van der Waals surface area contributed by atoms with Crippen LogP contribution in [0, 0.1) is 10.1 Å². The second-order valence-corrected chi connectivity index (χ2v) is 9.64. The minimum absolute atomic E-state index is 0.0102. The van der Waals surface area contributed by atoms with E-state index in [9.17, 15) is 23.3 Å². The number of carbonyl (C=O) groups is 1. The van der Waals surface area contributed by atoms with Gasteiger partial charge in [0, 0.05) is 17.2 Å². The number of nitro benzene ring substituents is 1. The Morgan fingerprint density at radius 3 is 2.43 bits per heavy atom. The normalized spacial score (nSPS) is 13.6. The molecule has 1 heterocycles. The Balaban J connectivity index is 2.11. The fourth-order valence-corrected chi connectivity index (χ4v) is 4.88. The maximum atomic E-state index is 12.9. The Hall–Kier alpha value is -3.04. The van der Waals surface area contributed by atoms with Crippen molar-refractivity contribution in [3.63, 3.8) is 0 Å². The zero-order chi connectivity index (χ0) is 22.1. The van der Waals surface area contributed by atoms with Gasteiger partial charge in [-0.05, 0) is 43.9 Å². The highest BCUT2D eigenvalue weighted by molar-refractivity contribution is 7.89. The van der Waals surface area contributed by atoms with E-state index < -0.39 is 26.3 Å². The van der Waals surface area contributed by atoms with Crippen LogP contribution >= 0.6 is 0 Å². The largest absolute Gasteiger partial charge is 0.290 e. The average Bonchev–Trinajstić information content (AvgIpc) is 3.20. The molecule has 0 bridgehead atoms. The van der Waals surface area contributed by atoms with Crippen LogP contribution in [0.4, 0.5) is 5.69 Å². The summed E-state index contributed by atoms with van der Waals surface area (Å²) in [5.74, 6) is 1.39. The van der Waals surface area contributed by atoms with Crippen LogP contribution in [0.3, 0.4) is 0 Å². The van der Waals surface area contributed by atoms with Crippen LogP contribution < -0.4 is 4.72 Å². The SMILES string of the molecule is CC(C)(C)NS(=O)(=O)c1ccccc1-c1ccc(C(=O)C2=CC=CB2)c([N+](=O)[O-])c1. The Morgan fingerprint density at radius 1 is 1.13 bits per heavy atom. The van der Waals surface area contributed by atoms with Crippen LogP contribution in [-0.2, 0) is 10.0 Å². The highest BCUT2D eigenvalue weighted by Gasteiger charge is 2.27. The lowest BCUT2D eigenvalue weighted by atomic mass is 9.70. The van der Waals surface area contributed by atoms with Gasteiger partial charge >= 0.3 is 0 Å². The molecule has 2 aromatic carbocycles. The molecule has 0 atom stereocenters. The van der Waals surface area contributed by atoms with Gasteiger partial charge in [0.05, 0.1) is 15.4 Å². The molecule has 9 heteroatoms. The zero-order valence-electron chi connectivity index (χ0n) is 16.9. The van der Waals surface area contributed by atoms with Gasteiger partial charge < -0.3 is 0 Å². The molecule has 0 saturated heterocycles. The standard InChI is InChI=1S/C21H21BN2O5S/c1-21(2,3)23-30(28,29)19-9-5-4-7-15(19)14-10-11-16(18(13-14)24(26)27)20(25)17-8-6-12-22-17/h4-13,22-23H,1-3H3. The Kier molecular flexibility index (Phi) is 5.78. The first kappa shape index (κ1) is 21.7. The third kappa shape index (κ3) is 4.58. The molecule has 0 spiro atoms. The van der Waals surface area contributed by atoms with Gasteiger partial charge in [-0.15, -0.1) is 5.98 Å². The van der Waals surface area contributed by atoms with Crippen molar-refractivity contribution in [2.75, 3.05) is 0 Å². The van der Waals surface area contributed by atoms with Crippen molar-refractivity contribution >= 4 is 28.8 Å². The van der Waals surface area contributed by atoms with E-state index in [1.54, 1.807) is 57.1 Å². The van der Waals surface area contributed by atoms with Crippen molar-refractivity contribution in [3.8, 4) is 11.1 Å². The summed E-state index contributed by atoms with van der Waals surface area (Å²) >= 11 is 0. The Morgan fingerprint density at radius 2 is 1.83 bits per heavy atom. The molecule has 0 unspecified atom stereocenters. The molecule has 154 valence electrons. The van der Waals surface area contributed by atoms with E-state index >= 15 is 0 Å². The number of hydrogen-bond donors (Lipinski definition) is 1. The predicted octanol–water partition coefficient (Wildman–Crippen LogP) is 3.37. The van der Waals surface area contributed by atoms with E-state index in [0.717, 1.165) is 0 Å². The average molecular weight is 424 g/mol. The minimum atomic E-state index is -3.87. The molecule has 1 aliphatic rings. The number of rotatable bonds is 6. The molecule has 30 heavy (non-hydrogen) atoms. The number of ketones is 1. The monoisotopic (exact) mass is 424 g/mol. The summed E-state index contributed by atoms with van der Waals surface area (Å²) in [5, 5.41) is 11.7. The molecule has 0 saturated carbocycles. The van der Waals surface area contributed by atoms with E-state index in [2.05, 4.69) is 4.72 Å². The molecular formula is C21H21BN2O5S. The molecule has 1 N–H and O–H groups in total.